The van der Waals surface area contributed by atoms with Crippen LogP contribution < -0.4 is 18.9 Å². The third-order valence-corrected chi connectivity index (χ3v) is 6.79. The lowest BCUT2D eigenvalue weighted by Gasteiger charge is -2.43. The Morgan fingerprint density at radius 1 is 0.976 bits per heavy atom. The van der Waals surface area contributed by atoms with Crippen LogP contribution in [0.15, 0.2) is 41.9 Å². The standard InChI is InChI=1S/C26H26O15/c1-36-14-3-9(4-15(37-2)19(14)29)26(35)23(40-25-22(32)21(31)20(30)17(8-27)39-25)11-7-16(24(33)34)38-12-5-10(28)6-13(41-26)18(11)12/h3-7,17,20-22,25,27-32,35H,8H2,1-2H3,(H,33,34)/t17-,20-,21+,22-,25+,26?/m1/s1. The average Bonchev–Trinajstić information content (AvgIpc) is 2.94. The van der Waals surface area contributed by atoms with E-state index in [1.807, 2.05) is 0 Å². The first-order valence-corrected chi connectivity index (χ1v) is 12.0. The Kier molecular flexibility index (Phi) is 7.10. The molecule has 3 heterocycles. The van der Waals surface area contributed by atoms with Gasteiger partial charge < -0.3 is 69.3 Å². The molecule has 0 aromatic heterocycles. The lowest BCUT2D eigenvalue weighted by Crippen LogP contribution is -2.59. The van der Waals surface area contributed by atoms with Gasteiger partial charge in [0.1, 0.15) is 41.7 Å². The summed E-state index contributed by atoms with van der Waals surface area (Å²) in [7, 11) is 2.46. The largest absolute Gasteiger partial charge is 0.508 e. The maximum Gasteiger partial charge on any atom is 0.371 e. The van der Waals surface area contributed by atoms with E-state index in [1.54, 1.807) is 0 Å². The zero-order valence-corrected chi connectivity index (χ0v) is 21.4. The second-order valence-electron chi connectivity index (χ2n) is 9.27. The molecule has 0 radical (unpaired) electrons. The lowest BCUT2D eigenvalue weighted by atomic mass is 9.89. The molecule has 2 aromatic rings. The van der Waals surface area contributed by atoms with Crippen molar-refractivity contribution in [3.8, 4) is 34.5 Å². The number of ether oxygens (including phenoxy) is 6. The number of hydrogen-bond donors (Lipinski definition) is 8. The number of aliphatic hydroxyl groups excluding tert-OH is 4. The molecule has 0 saturated carbocycles. The second kappa shape index (κ2) is 10.3. The number of methoxy groups -OCH3 is 2. The number of allylic oxidation sites excluding steroid dienone is 2. The summed E-state index contributed by atoms with van der Waals surface area (Å²) in [5.74, 6) is -7.08. The Balaban J connectivity index is 1.78. The molecule has 15 nitrogen and oxygen atoms in total. The minimum atomic E-state index is -2.74. The average molecular weight is 578 g/mol. The predicted molar refractivity (Wildman–Crippen MR) is 132 cm³/mol. The van der Waals surface area contributed by atoms with Gasteiger partial charge in [-0.2, -0.15) is 0 Å². The van der Waals surface area contributed by atoms with Crippen molar-refractivity contribution in [3.05, 3.63) is 53.0 Å². The highest BCUT2D eigenvalue weighted by molar-refractivity contribution is 5.96. The molecule has 0 amide bonds. The number of carbonyl (C=O) groups is 1. The molecule has 41 heavy (non-hydrogen) atoms. The van der Waals surface area contributed by atoms with Crippen LogP contribution in [-0.4, -0.2) is 98.4 Å². The quantitative estimate of drug-likeness (QED) is 0.202. The van der Waals surface area contributed by atoms with Crippen molar-refractivity contribution < 1.29 is 74.1 Å². The van der Waals surface area contributed by atoms with Crippen molar-refractivity contribution in [2.24, 2.45) is 0 Å². The van der Waals surface area contributed by atoms with E-state index in [0.717, 1.165) is 30.3 Å². The van der Waals surface area contributed by atoms with Crippen molar-refractivity contribution in [1.29, 1.82) is 0 Å². The number of aliphatic hydroxyl groups is 5. The van der Waals surface area contributed by atoms with E-state index in [2.05, 4.69) is 0 Å². The van der Waals surface area contributed by atoms with E-state index in [1.165, 1.54) is 14.2 Å². The van der Waals surface area contributed by atoms with Crippen LogP contribution >= 0.6 is 0 Å². The SMILES string of the molecule is COc1cc(C2(O)Oc3cc(O)cc4c3C(=C2O[C@@H]2O[C@H](CO)[C@@H](O)[C@H](O)[C@H]2O)C=C(C(=O)O)O4)cc(OC)c1O. The van der Waals surface area contributed by atoms with E-state index in [4.69, 9.17) is 28.4 Å². The highest BCUT2D eigenvalue weighted by atomic mass is 16.7. The van der Waals surface area contributed by atoms with Crippen LogP contribution in [0.2, 0.25) is 0 Å². The first-order valence-electron chi connectivity index (χ1n) is 12.0. The Morgan fingerprint density at radius 3 is 2.20 bits per heavy atom. The monoisotopic (exact) mass is 578 g/mol. The zero-order chi connectivity index (χ0) is 29.8. The fourth-order valence-corrected chi connectivity index (χ4v) is 4.73. The molecule has 1 fully saturated rings. The highest BCUT2D eigenvalue weighted by Gasteiger charge is 2.52. The van der Waals surface area contributed by atoms with Crippen molar-refractivity contribution >= 4 is 11.5 Å². The number of hydrogen-bond acceptors (Lipinski definition) is 14. The van der Waals surface area contributed by atoms with Gasteiger partial charge in [0.15, 0.2) is 17.3 Å². The van der Waals surface area contributed by atoms with Gasteiger partial charge in [0.2, 0.25) is 17.8 Å². The van der Waals surface area contributed by atoms with Gasteiger partial charge in [0.05, 0.1) is 26.4 Å². The Morgan fingerprint density at radius 2 is 1.61 bits per heavy atom. The number of benzene rings is 2. The van der Waals surface area contributed by atoms with Crippen LogP contribution in [0.4, 0.5) is 0 Å². The van der Waals surface area contributed by atoms with Crippen LogP contribution in [-0.2, 0) is 20.1 Å². The smallest absolute Gasteiger partial charge is 0.371 e. The van der Waals surface area contributed by atoms with Gasteiger partial charge in [0, 0.05) is 29.3 Å². The van der Waals surface area contributed by atoms with Crippen molar-refractivity contribution in [2.75, 3.05) is 20.8 Å². The van der Waals surface area contributed by atoms with Gasteiger partial charge in [-0.15, -0.1) is 0 Å². The van der Waals surface area contributed by atoms with Crippen LogP contribution in [0, 0.1) is 0 Å². The summed E-state index contributed by atoms with van der Waals surface area (Å²) in [4.78, 5) is 11.9. The maximum absolute atomic E-state index is 12.2. The number of carboxylic acid groups (broad SMARTS) is 1. The molecule has 1 saturated heterocycles. The summed E-state index contributed by atoms with van der Waals surface area (Å²) in [6.07, 6.45) is -7.77. The highest BCUT2D eigenvalue weighted by Crippen LogP contribution is 2.54. The molecule has 0 bridgehead atoms. The minimum Gasteiger partial charge on any atom is -0.508 e. The molecule has 15 heteroatoms. The Bertz CT molecular complexity index is 1420. The summed E-state index contributed by atoms with van der Waals surface area (Å²) in [5.41, 5.74) is -0.325. The van der Waals surface area contributed by atoms with Gasteiger partial charge in [-0.3, -0.25) is 0 Å². The summed E-state index contributed by atoms with van der Waals surface area (Å²) >= 11 is 0. The summed E-state index contributed by atoms with van der Waals surface area (Å²) < 4.78 is 33.1. The topological polar surface area (TPSA) is 234 Å². The van der Waals surface area contributed by atoms with E-state index >= 15 is 0 Å². The zero-order valence-electron chi connectivity index (χ0n) is 21.4. The van der Waals surface area contributed by atoms with E-state index < -0.39 is 72.1 Å². The number of phenolic OH excluding ortho intramolecular Hbond substituents is 2. The summed E-state index contributed by atoms with van der Waals surface area (Å²) in [6, 6.07) is 4.53. The summed E-state index contributed by atoms with van der Waals surface area (Å²) in [5, 5.41) is 83.4. The number of aromatic hydroxyl groups is 2. The van der Waals surface area contributed by atoms with Crippen LogP contribution in [0.5, 0.6) is 34.5 Å². The third-order valence-electron chi connectivity index (χ3n) is 6.79. The fraction of sp³-hybridized carbons (Fsp3) is 0.346. The maximum atomic E-state index is 12.2. The predicted octanol–water partition coefficient (Wildman–Crippen LogP) is -0.759. The van der Waals surface area contributed by atoms with Gasteiger partial charge >= 0.3 is 5.97 Å². The molecule has 8 N–H and O–H groups in total. The normalized spacial score (nSPS) is 28.6. The number of rotatable bonds is 7. The van der Waals surface area contributed by atoms with Crippen molar-refractivity contribution in [3.63, 3.8) is 0 Å². The lowest BCUT2D eigenvalue weighted by molar-refractivity contribution is -0.303. The number of aliphatic carboxylic acids is 1. The molecule has 3 aliphatic heterocycles. The molecule has 1 unspecified atom stereocenters. The van der Waals surface area contributed by atoms with Gasteiger partial charge in [0.25, 0.3) is 5.79 Å². The van der Waals surface area contributed by atoms with E-state index in [-0.39, 0.29) is 39.7 Å². The molecular formula is C26H26O15. The molecule has 2 aromatic carbocycles. The molecule has 220 valence electrons. The third kappa shape index (κ3) is 4.54. The van der Waals surface area contributed by atoms with Crippen molar-refractivity contribution in [1.82, 2.24) is 0 Å². The van der Waals surface area contributed by atoms with Crippen LogP contribution in [0.3, 0.4) is 0 Å². The van der Waals surface area contributed by atoms with Gasteiger partial charge in [-0.05, 0) is 12.1 Å². The molecule has 5 rings (SSSR count). The Labute approximate surface area is 230 Å². The molecule has 3 aliphatic rings. The second-order valence-corrected chi connectivity index (χ2v) is 9.27. The van der Waals surface area contributed by atoms with Gasteiger partial charge in [-0.25, -0.2) is 4.79 Å². The number of phenols is 2. The molecule has 0 aliphatic carbocycles. The molecule has 0 spiro atoms. The first kappa shape index (κ1) is 28.3. The van der Waals surface area contributed by atoms with Crippen LogP contribution in [0.1, 0.15) is 11.1 Å². The van der Waals surface area contributed by atoms with Gasteiger partial charge in [-0.1, -0.05) is 0 Å². The molecule has 6 atom stereocenters. The van der Waals surface area contributed by atoms with Crippen LogP contribution in [0.25, 0.3) is 5.57 Å². The molecular weight excluding hydrogens is 552 g/mol. The first-order chi connectivity index (χ1) is 19.4. The Hall–Kier alpha value is -4.25. The number of carboxylic acids is 1. The van der Waals surface area contributed by atoms with E-state index in [0.29, 0.717) is 0 Å². The summed E-state index contributed by atoms with van der Waals surface area (Å²) in [6.45, 7) is -0.785. The van der Waals surface area contributed by atoms with E-state index in [9.17, 15) is 45.6 Å². The fourth-order valence-electron chi connectivity index (χ4n) is 4.73. The van der Waals surface area contributed by atoms with Crippen molar-refractivity contribution in [2.45, 2.75) is 36.5 Å². The minimum absolute atomic E-state index is 0.0368.